The SMILES string of the molecule is CC1CCC(c2ccc(C3(CN)CCCCC3)cc2Cl)CC1. The van der Waals surface area contributed by atoms with Crippen molar-refractivity contribution in [3.05, 3.63) is 34.3 Å². The van der Waals surface area contributed by atoms with Crippen molar-refractivity contribution < 1.29 is 0 Å². The fourth-order valence-corrected chi connectivity index (χ4v) is 4.93. The van der Waals surface area contributed by atoms with E-state index in [1.807, 2.05) is 0 Å². The number of hydrogen-bond acceptors (Lipinski definition) is 1. The summed E-state index contributed by atoms with van der Waals surface area (Å²) < 4.78 is 0. The molecule has 0 aromatic heterocycles. The summed E-state index contributed by atoms with van der Waals surface area (Å²) in [6.07, 6.45) is 11.7. The van der Waals surface area contributed by atoms with Gasteiger partial charge < -0.3 is 5.73 Å². The van der Waals surface area contributed by atoms with Gasteiger partial charge in [-0.2, -0.15) is 0 Å². The zero-order valence-corrected chi connectivity index (χ0v) is 14.7. The Bertz CT molecular complexity index is 496. The molecule has 2 heteroatoms. The molecular formula is C20H30ClN. The first-order chi connectivity index (χ1) is 10.6. The zero-order valence-electron chi connectivity index (χ0n) is 13.9. The average Bonchev–Trinajstić information content (AvgIpc) is 2.56. The quantitative estimate of drug-likeness (QED) is 0.749. The van der Waals surface area contributed by atoms with Crippen LogP contribution in [-0.4, -0.2) is 6.54 Å². The zero-order chi connectivity index (χ0) is 15.6. The number of benzene rings is 1. The van der Waals surface area contributed by atoms with Crippen LogP contribution in [0.25, 0.3) is 0 Å². The highest BCUT2D eigenvalue weighted by atomic mass is 35.5. The van der Waals surface area contributed by atoms with Crippen LogP contribution >= 0.6 is 11.6 Å². The summed E-state index contributed by atoms with van der Waals surface area (Å²) in [4.78, 5) is 0. The standard InChI is InChI=1S/C20H30ClN/c1-15-5-7-16(8-6-15)18-10-9-17(13-19(18)21)20(14-22)11-3-2-4-12-20/h9-10,13,15-16H,2-8,11-12,14,22H2,1H3. The average molecular weight is 320 g/mol. The predicted octanol–water partition coefficient (Wildman–Crippen LogP) is 5.79. The van der Waals surface area contributed by atoms with Gasteiger partial charge in [0.15, 0.2) is 0 Å². The molecule has 2 saturated carbocycles. The van der Waals surface area contributed by atoms with Crippen LogP contribution in [0.1, 0.15) is 81.8 Å². The van der Waals surface area contributed by atoms with Crippen LogP contribution in [-0.2, 0) is 5.41 Å². The van der Waals surface area contributed by atoms with Crippen molar-refractivity contribution in [2.75, 3.05) is 6.54 Å². The number of nitrogens with two attached hydrogens (primary N) is 1. The van der Waals surface area contributed by atoms with E-state index in [4.69, 9.17) is 17.3 Å². The van der Waals surface area contributed by atoms with Gasteiger partial charge in [0, 0.05) is 17.0 Å². The van der Waals surface area contributed by atoms with Crippen molar-refractivity contribution in [1.29, 1.82) is 0 Å². The highest BCUT2D eigenvalue weighted by molar-refractivity contribution is 6.31. The van der Waals surface area contributed by atoms with E-state index in [0.717, 1.165) is 17.5 Å². The van der Waals surface area contributed by atoms with Gasteiger partial charge >= 0.3 is 0 Å². The van der Waals surface area contributed by atoms with Gasteiger partial charge in [-0.05, 0) is 54.7 Å². The van der Waals surface area contributed by atoms with Crippen molar-refractivity contribution in [3.63, 3.8) is 0 Å². The summed E-state index contributed by atoms with van der Waals surface area (Å²) in [6.45, 7) is 3.12. The van der Waals surface area contributed by atoms with Crippen LogP contribution in [0.3, 0.4) is 0 Å². The Hall–Kier alpha value is -0.530. The van der Waals surface area contributed by atoms with Crippen molar-refractivity contribution >= 4 is 11.6 Å². The second-order valence-electron chi connectivity index (χ2n) is 7.74. The van der Waals surface area contributed by atoms with Crippen LogP contribution in [0.15, 0.2) is 18.2 Å². The van der Waals surface area contributed by atoms with Crippen molar-refractivity contribution in [2.45, 2.75) is 76.0 Å². The largest absolute Gasteiger partial charge is 0.330 e. The molecule has 0 spiro atoms. The molecule has 2 aliphatic carbocycles. The summed E-state index contributed by atoms with van der Waals surface area (Å²) in [6, 6.07) is 6.88. The maximum absolute atomic E-state index is 6.70. The van der Waals surface area contributed by atoms with Gasteiger partial charge in [0.1, 0.15) is 0 Å². The molecule has 2 aliphatic rings. The molecule has 1 aromatic carbocycles. The molecule has 0 radical (unpaired) electrons. The van der Waals surface area contributed by atoms with Crippen molar-refractivity contribution in [1.82, 2.24) is 0 Å². The molecule has 2 N–H and O–H groups in total. The van der Waals surface area contributed by atoms with Gasteiger partial charge in [-0.25, -0.2) is 0 Å². The first-order valence-corrected chi connectivity index (χ1v) is 9.52. The molecule has 0 bridgehead atoms. The number of halogens is 1. The molecule has 3 rings (SSSR count). The Labute approximate surface area is 140 Å². The Balaban J connectivity index is 1.82. The molecule has 1 nitrogen and oxygen atoms in total. The van der Waals surface area contributed by atoms with E-state index in [9.17, 15) is 0 Å². The molecule has 0 amide bonds. The van der Waals surface area contributed by atoms with Crippen LogP contribution < -0.4 is 5.73 Å². The summed E-state index contributed by atoms with van der Waals surface area (Å²) in [5.41, 5.74) is 9.11. The third-order valence-corrected chi connectivity index (χ3v) is 6.60. The molecule has 0 aliphatic heterocycles. The van der Waals surface area contributed by atoms with Gasteiger partial charge in [0.05, 0.1) is 0 Å². The first-order valence-electron chi connectivity index (χ1n) is 9.14. The fourth-order valence-electron chi connectivity index (χ4n) is 4.60. The van der Waals surface area contributed by atoms with Crippen LogP contribution in [0.4, 0.5) is 0 Å². The fraction of sp³-hybridized carbons (Fsp3) is 0.700. The van der Waals surface area contributed by atoms with Gasteiger partial charge in [-0.15, -0.1) is 0 Å². The van der Waals surface area contributed by atoms with E-state index < -0.39 is 0 Å². The molecule has 22 heavy (non-hydrogen) atoms. The normalized spacial score (nSPS) is 28.5. The molecule has 0 unspecified atom stereocenters. The van der Waals surface area contributed by atoms with Crippen LogP contribution in [0.5, 0.6) is 0 Å². The third kappa shape index (κ3) is 3.21. The van der Waals surface area contributed by atoms with E-state index in [1.165, 1.54) is 68.9 Å². The third-order valence-electron chi connectivity index (χ3n) is 6.27. The van der Waals surface area contributed by atoms with E-state index in [0.29, 0.717) is 5.92 Å². The van der Waals surface area contributed by atoms with Crippen molar-refractivity contribution in [2.24, 2.45) is 11.7 Å². The van der Waals surface area contributed by atoms with Gasteiger partial charge in [-0.1, -0.05) is 62.8 Å². The highest BCUT2D eigenvalue weighted by Crippen LogP contribution is 2.43. The lowest BCUT2D eigenvalue weighted by molar-refractivity contribution is 0.300. The summed E-state index contributed by atoms with van der Waals surface area (Å²) in [7, 11) is 0. The molecule has 1 aromatic rings. The van der Waals surface area contributed by atoms with E-state index in [-0.39, 0.29) is 5.41 Å². The summed E-state index contributed by atoms with van der Waals surface area (Å²) in [5.74, 6) is 1.55. The molecular weight excluding hydrogens is 290 g/mol. The van der Waals surface area contributed by atoms with E-state index in [1.54, 1.807) is 0 Å². The smallest absolute Gasteiger partial charge is 0.0443 e. The molecule has 2 fully saturated rings. The minimum Gasteiger partial charge on any atom is -0.330 e. The predicted molar refractivity (Wildman–Crippen MR) is 95.6 cm³/mol. The highest BCUT2D eigenvalue weighted by Gasteiger charge is 2.33. The first kappa shape index (κ1) is 16.3. The van der Waals surface area contributed by atoms with Crippen LogP contribution in [0, 0.1) is 5.92 Å². The summed E-state index contributed by atoms with van der Waals surface area (Å²) >= 11 is 6.70. The second kappa shape index (κ2) is 6.93. The lowest BCUT2D eigenvalue weighted by atomic mass is 9.69. The lowest BCUT2D eigenvalue weighted by Gasteiger charge is -2.37. The molecule has 0 atom stereocenters. The lowest BCUT2D eigenvalue weighted by Crippen LogP contribution is -2.37. The number of hydrogen-bond donors (Lipinski definition) is 1. The Morgan fingerprint density at radius 1 is 1.09 bits per heavy atom. The van der Waals surface area contributed by atoms with Gasteiger partial charge in [-0.3, -0.25) is 0 Å². The van der Waals surface area contributed by atoms with Gasteiger partial charge in [0.25, 0.3) is 0 Å². The summed E-state index contributed by atoms with van der Waals surface area (Å²) in [5, 5.41) is 0.982. The maximum atomic E-state index is 6.70. The second-order valence-corrected chi connectivity index (χ2v) is 8.15. The Morgan fingerprint density at radius 2 is 1.77 bits per heavy atom. The molecule has 0 saturated heterocycles. The van der Waals surface area contributed by atoms with E-state index >= 15 is 0 Å². The topological polar surface area (TPSA) is 26.0 Å². The monoisotopic (exact) mass is 319 g/mol. The maximum Gasteiger partial charge on any atom is 0.0443 e. The van der Waals surface area contributed by atoms with Crippen LogP contribution in [0.2, 0.25) is 5.02 Å². The number of rotatable bonds is 3. The minimum atomic E-state index is 0.182. The van der Waals surface area contributed by atoms with Crippen molar-refractivity contribution in [3.8, 4) is 0 Å². The molecule has 122 valence electrons. The molecule has 0 heterocycles. The van der Waals surface area contributed by atoms with E-state index in [2.05, 4.69) is 25.1 Å². The Morgan fingerprint density at radius 3 is 2.36 bits per heavy atom. The Kier molecular flexibility index (Phi) is 5.14. The minimum absolute atomic E-state index is 0.182. The van der Waals surface area contributed by atoms with Gasteiger partial charge in [0.2, 0.25) is 0 Å².